The average Bonchev–Trinajstić information content (AvgIpc) is 3.58. The van der Waals surface area contributed by atoms with Crippen molar-refractivity contribution in [2.45, 2.75) is 126 Å². The van der Waals surface area contributed by atoms with Gasteiger partial charge in [-0.2, -0.15) is 0 Å². The van der Waals surface area contributed by atoms with E-state index in [2.05, 4.69) is 98.3 Å². The Hall–Kier alpha value is -2.77. The molecule has 1 aromatic rings. The summed E-state index contributed by atoms with van der Waals surface area (Å²) >= 11 is 0. The molecule has 0 amide bonds. The molecule has 4 fully saturated rings. The summed E-state index contributed by atoms with van der Waals surface area (Å²) in [6.45, 7) is 19.0. The van der Waals surface area contributed by atoms with Crippen molar-refractivity contribution < 1.29 is 15.0 Å². The molecular weight excluding hydrogens is 588 g/mol. The van der Waals surface area contributed by atoms with Gasteiger partial charge < -0.3 is 10.2 Å². The summed E-state index contributed by atoms with van der Waals surface area (Å²) in [6.07, 6.45) is 42.0. The Morgan fingerprint density at radius 2 is 1.31 bits per heavy atom. The largest absolute Gasteiger partial charge is 0.400 e. The molecule has 0 aliphatic heterocycles. The summed E-state index contributed by atoms with van der Waals surface area (Å²) in [4.78, 5) is 11.2. The molecule has 8 atom stereocenters. The van der Waals surface area contributed by atoms with Crippen LogP contribution in [0.3, 0.4) is 0 Å². The number of terminal acetylenes is 3. The van der Waals surface area contributed by atoms with Crippen LogP contribution in [0, 0.1) is 89.8 Å². The zero-order valence-corrected chi connectivity index (χ0v) is 32.1. The van der Waals surface area contributed by atoms with E-state index in [9.17, 15) is 9.90 Å². The van der Waals surface area contributed by atoms with Gasteiger partial charge in [-0.05, 0) is 120 Å². The second-order valence-electron chi connectivity index (χ2n) is 15.1. The summed E-state index contributed by atoms with van der Waals surface area (Å²) in [5.41, 5.74) is 4.76. The van der Waals surface area contributed by atoms with Crippen LogP contribution in [0.1, 0.15) is 142 Å². The zero-order valence-electron chi connectivity index (χ0n) is 32.1. The average molecular weight is 659 g/mol. The maximum Gasteiger partial charge on any atom is 0.150 e. The van der Waals surface area contributed by atoms with E-state index in [1.807, 2.05) is 26.0 Å². The lowest BCUT2D eigenvalue weighted by molar-refractivity contribution is -0.181. The number of carbonyl (C=O) groups is 1. The van der Waals surface area contributed by atoms with E-state index in [-0.39, 0.29) is 10.8 Å². The Kier molecular flexibility index (Phi) is 19.5. The normalized spacial score (nSPS) is 34.3. The van der Waals surface area contributed by atoms with E-state index in [1.54, 1.807) is 0 Å². The molecule has 4 saturated carbocycles. The van der Waals surface area contributed by atoms with Crippen molar-refractivity contribution in [1.82, 2.24) is 0 Å². The van der Waals surface area contributed by atoms with Gasteiger partial charge in [-0.25, -0.2) is 0 Å². The third-order valence-electron chi connectivity index (χ3n) is 12.9. The molecule has 1 aromatic carbocycles. The number of rotatable bonds is 3. The minimum atomic E-state index is 0.137. The molecule has 0 bridgehead atoms. The molecule has 48 heavy (non-hydrogen) atoms. The van der Waals surface area contributed by atoms with Crippen molar-refractivity contribution in [2.24, 2.45) is 51.2 Å². The second-order valence-corrected chi connectivity index (χ2v) is 15.1. The lowest BCUT2D eigenvalue weighted by Crippen LogP contribution is -2.61. The molecule has 0 saturated heterocycles. The number of aliphatic hydroxyl groups excluding tert-OH is 2. The third-order valence-corrected chi connectivity index (χ3v) is 12.9. The van der Waals surface area contributed by atoms with Crippen molar-refractivity contribution in [2.75, 3.05) is 13.7 Å². The first kappa shape index (κ1) is 45.2. The Balaban J connectivity index is 0.00000152. The van der Waals surface area contributed by atoms with Crippen molar-refractivity contribution in [3.63, 3.8) is 0 Å². The summed E-state index contributed by atoms with van der Waals surface area (Å²) in [6, 6.07) is 8.28. The number of aliphatic hydroxyl groups is 2. The van der Waals surface area contributed by atoms with Crippen LogP contribution in [0.4, 0.5) is 0 Å². The van der Waals surface area contributed by atoms with Crippen LogP contribution < -0.4 is 0 Å². The summed E-state index contributed by atoms with van der Waals surface area (Å²) in [7, 11) is 1.00. The summed E-state index contributed by atoms with van der Waals surface area (Å²) < 4.78 is 0. The molecule has 4 unspecified atom stereocenters. The Bertz CT molecular complexity index is 1150. The van der Waals surface area contributed by atoms with E-state index in [1.165, 1.54) is 81.8 Å². The fraction of sp³-hybridized carbons (Fsp3) is 0.667. The topological polar surface area (TPSA) is 57.5 Å². The zero-order chi connectivity index (χ0) is 37.3. The van der Waals surface area contributed by atoms with Crippen LogP contribution in [0.5, 0.6) is 0 Å². The molecule has 5 aliphatic carbocycles. The van der Waals surface area contributed by atoms with Crippen molar-refractivity contribution in [3.8, 4) is 38.5 Å². The molecule has 0 heterocycles. The molecule has 268 valence electrons. The molecule has 5 aliphatic rings. The van der Waals surface area contributed by atoms with Crippen molar-refractivity contribution in [3.05, 3.63) is 41.5 Å². The van der Waals surface area contributed by atoms with Gasteiger partial charge in [0.2, 0.25) is 0 Å². The fourth-order valence-corrected chi connectivity index (χ4v) is 11.5. The smallest absolute Gasteiger partial charge is 0.150 e. The predicted molar refractivity (Wildman–Crippen MR) is 208 cm³/mol. The first-order chi connectivity index (χ1) is 23.1. The Morgan fingerprint density at radius 1 is 0.750 bits per heavy atom. The van der Waals surface area contributed by atoms with E-state index in [0.29, 0.717) is 23.4 Å². The lowest BCUT2D eigenvalue weighted by Gasteiger charge is -2.68. The van der Waals surface area contributed by atoms with E-state index < -0.39 is 0 Å². The van der Waals surface area contributed by atoms with Crippen molar-refractivity contribution in [1.29, 1.82) is 0 Å². The number of hydrogen-bond donors (Lipinski definition) is 2. The van der Waals surface area contributed by atoms with Gasteiger partial charge >= 0.3 is 0 Å². The number of carbonyl (C=O) groups excluding carboxylic acids is 1. The first-order valence-corrected chi connectivity index (χ1v) is 18.4. The highest BCUT2D eigenvalue weighted by Crippen LogP contribution is 2.73. The van der Waals surface area contributed by atoms with Gasteiger partial charge in [0, 0.05) is 19.3 Å². The second kappa shape index (κ2) is 20.7. The van der Waals surface area contributed by atoms with Crippen LogP contribution in [-0.4, -0.2) is 30.2 Å². The highest BCUT2D eigenvalue weighted by atomic mass is 16.3. The van der Waals surface area contributed by atoms with Gasteiger partial charge in [-0.15, -0.1) is 38.5 Å². The molecule has 2 N–H and O–H groups in total. The number of benzene rings is 1. The first-order valence-electron chi connectivity index (χ1n) is 18.4. The van der Waals surface area contributed by atoms with Crippen LogP contribution in [0.15, 0.2) is 30.3 Å². The predicted octanol–water partition coefficient (Wildman–Crippen LogP) is 10.7. The molecule has 0 aromatic heterocycles. The van der Waals surface area contributed by atoms with Gasteiger partial charge in [0.15, 0.2) is 0 Å². The number of allylic oxidation sites excluding steroid dienone is 2. The molecule has 3 heteroatoms. The van der Waals surface area contributed by atoms with Crippen LogP contribution in [0.25, 0.3) is 5.57 Å². The fourth-order valence-electron chi connectivity index (χ4n) is 11.5. The lowest BCUT2D eigenvalue weighted by atomic mass is 9.36. The van der Waals surface area contributed by atoms with Gasteiger partial charge in [0.05, 0.1) is 0 Å². The highest BCUT2D eigenvalue weighted by molar-refractivity contribution is 5.78. The van der Waals surface area contributed by atoms with Gasteiger partial charge in [-0.3, -0.25) is 4.79 Å². The van der Waals surface area contributed by atoms with Crippen LogP contribution in [0.2, 0.25) is 0 Å². The molecule has 6 rings (SSSR count). The van der Waals surface area contributed by atoms with Crippen LogP contribution in [-0.2, 0) is 0 Å². The minimum absolute atomic E-state index is 0.137. The van der Waals surface area contributed by atoms with Crippen LogP contribution >= 0.6 is 0 Å². The maximum atomic E-state index is 11.2. The quantitative estimate of drug-likeness (QED) is 0.251. The van der Waals surface area contributed by atoms with Gasteiger partial charge in [0.25, 0.3) is 0 Å². The van der Waals surface area contributed by atoms with E-state index in [4.69, 9.17) is 5.11 Å². The Morgan fingerprint density at radius 3 is 1.83 bits per heavy atom. The molecular formula is C45H70O3. The van der Waals surface area contributed by atoms with E-state index >= 15 is 0 Å². The monoisotopic (exact) mass is 659 g/mol. The summed E-state index contributed by atoms with van der Waals surface area (Å²) in [5, 5.41) is 17.4. The minimum Gasteiger partial charge on any atom is -0.400 e. The summed E-state index contributed by atoms with van der Waals surface area (Å²) in [5.74, 6) is 3.97. The SMILES string of the molecule is C#C.C#C.C#C.CC.CC1(C)C(c2ccc(C=O)cc2)=CC[C@@]2(C)C1CC[C@@]1(C)C3CC[C@@]4(CO)CCCC4[C@H]3CCC12.CCC.CO. The standard InChI is InChI=1S/C33H46O2.C3H8.C2H6.3C2H2.CH4O/c1-30(2)25(23-9-7-22(20-34)8-10-23)13-17-32(4)28(30)15-18-31(3)26-14-19-33(21-35)16-5-6-27(33)24(26)11-12-29(31)32;1-3-2;5*1-2/h7-10,13,20,24,26-29,35H,5-6,11-12,14-19,21H2,1-4H3;3H2,1-2H3;1-2H3;3*1-2H;2H,1H3/t24-,26?,27?,28?,29?,31-,32-,33+;;;;;;/m0....../s1. The van der Waals surface area contributed by atoms with Gasteiger partial charge in [0.1, 0.15) is 6.29 Å². The third kappa shape index (κ3) is 8.33. The maximum absolute atomic E-state index is 11.2. The molecule has 0 radical (unpaired) electrons. The number of aldehydes is 1. The Labute approximate surface area is 297 Å². The highest BCUT2D eigenvalue weighted by Gasteiger charge is 2.65. The molecule has 3 nitrogen and oxygen atoms in total. The van der Waals surface area contributed by atoms with E-state index in [0.717, 1.165) is 42.6 Å². The molecule has 0 spiro atoms. The van der Waals surface area contributed by atoms with Gasteiger partial charge in [-0.1, -0.05) is 98.6 Å². The van der Waals surface area contributed by atoms with Crippen molar-refractivity contribution >= 4 is 11.9 Å². The number of fused-ring (bicyclic) bond motifs is 7. The number of hydrogen-bond acceptors (Lipinski definition) is 3.